The minimum absolute atomic E-state index is 0.175. The molecule has 0 amide bonds. The molecule has 0 aromatic carbocycles. The van der Waals surface area contributed by atoms with Crippen LogP contribution in [0.1, 0.15) is 64.7 Å². The Morgan fingerprint density at radius 2 is 1.88 bits per heavy atom. The van der Waals surface area contributed by atoms with Crippen molar-refractivity contribution >= 4 is 0 Å². The summed E-state index contributed by atoms with van der Waals surface area (Å²) in [7, 11) is 2.31. The van der Waals surface area contributed by atoms with Crippen LogP contribution in [0.4, 0.5) is 0 Å². The number of hydrogen-bond donors (Lipinski definition) is 1. The van der Waals surface area contributed by atoms with Crippen molar-refractivity contribution in [1.29, 1.82) is 0 Å². The molecule has 2 nitrogen and oxygen atoms in total. The predicted octanol–water partition coefficient (Wildman–Crippen LogP) is 3.16. The summed E-state index contributed by atoms with van der Waals surface area (Å²) in [6.45, 7) is 3.61. The Kier molecular flexibility index (Phi) is 4.48. The molecule has 2 aliphatic carbocycles. The van der Waals surface area contributed by atoms with Gasteiger partial charge in [0, 0.05) is 11.6 Å². The van der Waals surface area contributed by atoms with Crippen molar-refractivity contribution in [2.45, 2.75) is 76.3 Å². The molecule has 2 rings (SSSR count). The summed E-state index contributed by atoms with van der Waals surface area (Å²) in [5.41, 5.74) is 6.61. The smallest absolute Gasteiger partial charge is 0.0166 e. The van der Waals surface area contributed by atoms with Gasteiger partial charge < -0.3 is 10.6 Å². The lowest BCUT2D eigenvalue weighted by Crippen LogP contribution is -2.43. The zero-order valence-corrected chi connectivity index (χ0v) is 11.8. The summed E-state index contributed by atoms with van der Waals surface area (Å²) >= 11 is 0. The largest absolute Gasteiger partial charge is 0.325 e. The molecule has 0 heterocycles. The van der Waals surface area contributed by atoms with Gasteiger partial charge in [0.05, 0.1) is 0 Å². The van der Waals surface area contributed by atoms with Crippen molar-refractivity contribution in [3.8, 4) is 0 Å². The molecule has 2 N–H and O–H groups in total. The molecular formula is C15H30N2. The zero-order valence-electron chi connectivity index (χ0n) is 11.8. The molecule has 2 heteroatoms. The quantitative estimate of drug-likeness (QED) is 0.815. The lowest BCUT2D eigenvalue weighted by Gasteiger charge is -2.36. The normalized spacial score (nSPS) is 33.2. The van der Waals surface area contributed by atoms with Gasteiger partial charge in [-0.25, -0.2) is 0 Å². The molecule has 0 saturated heterocycles. The van der Waals surface area contributed by atoms with E-state index >= 15 is 0 Å². The van der Waals surface area contributed by atoms with Crippen molar-refractivity contribution in [3.63, 3.8) is 0 Å². The van der Waals surface area contributed by atoms with Crippen LogP contribution < -0.4 is 5.73 Å². The van der Waals surface area contributed by atoms with E-state index in [1.807, 2.05) is 0 Å². The third-order valence-electron chi connectivity index (χ3n) is 5.09. The van der Waals surface area contributed by atoms with Gasteiger partial charge in [-0.15, -0.1) is 0 Å². The van der Waals surface area contributed by atoms with Gasteiger partial charge in [-0.05, 0) is 51.6 Å². The van der Waals surface area contributed by atoms with Crippen molar-refractivity contribution in [2.24, 2.45) is 11.7 Å². The van der Waals surface area contributed by atoms with E-state index in [0.29, 0.717) is 0 Å². The molecule has 0 aromatic heterocycles. The Morgan fingerprint density at radius 1 is 1.18 bits per heavy atom. The van der Waals surface area contributed by atoms with Gasteiger partial charge in [0.1, 0.15) is 0 Å². The van der Waals surface area contributed by atoms with Crippen molar-refractivity contribution in [1.82, 2.24) is 4.90 Å². The molecule has 100 valence electrons. The summed E-state index contributed by atoms with van der Waals surface area (Å²) in [5, 5.41) is 0. The lowest BCUT2D eigenvalue weighted by molar-refractivity contribution is 0.152. The monoisotopic (exact) mass is 238 g/mol. The molecule has 0 spiro atoms. The van der Waals surface area contributed by atoms with Crippen molar-refractivity contribution < 1.29 is 0 Å². The van der Waals surface area contributed by atoms with Gasteiger partial charge in [-0.3, -0.25) is 0 Å². The first-order valence-corrected chi connectivity index (χ1v) is 7.58. The summed E-state index contributed by atoms with van der Waals surface area (Å²) in [4.78, 5) is 2.59. The molecular weight excluding hydrogens is 208 g/mol. The lowest BCUT2D eigenvalue weighted by atomic mass is 9.86. The van der Waals surface area contributed by atoms with Crippen LogP contribution in [0.25, 0.3) is 0 Å². The van der Waals surface area contributed by atoms with E-state index in [-0.39, 0.29) is 5.54 Å². The Bertz CT molecular complexity index is 233. The molecule has 2 fully saturated rings. The van der Waals surface area contributed by atoms with Crippen LogP contribution in [-0.4, -0.2) is 30.1 Å². The highest BCUT2D eigenvalue weighted by molar-refractivity contribution is 4.90. The molecule has 2 aliphatic rings. The van der Waals surface area contributed by atoms with Gasteiger partial charge in [-0.1, -0.05) is 32.6 Å². The SMILES string of the molecule is CC1CCCC(N(C)CCC2(N)CCCC2)C1. The second-order valence-electron chi connectivity index (χ2n) is 6.73. The molecule has 2 saturated carbocycles. The average molecular weight is 238 g/mol. The molecule has 0 aromatic rings. The number of hydrogen-bond acceptors (Lipinski definition) is 2. The van der Waals surface area contributed by atoms with Gasteiger partial charge >= 0.3 is 0 Å². The minimum Gasteiger partial charge on any atom is -0.325 e. The average Bonchev–Trinajstić information content (AvgIpc) is 2.74. The van der Waals surface area contributed by atoms with Gasteiger partial charge in [-0.2, -0.15) is 0 Å². The van der Waals surface area contributed by atoms with E-state index in [0.717, 1.165) is 12.0 Å². The van der Waals surface area contributed by atoms with Crippen LogP contribution in [0.3, 0.4) is 0 Å². The first-order valence-electron chi connectivity index (χ1n) is 7.58. The first-order chi connectivity index (χ1) is 8.09. The van der Waals surface area contributed by atoms with E-state index in [2.05, 4.69) is 18.9 Å². The molecule has 17 heavy (non-hydrogen) atoms. The summed E-state index contributed by atoms with van der Waals surface area (Å²) in [6, 6.07) is 0.823. The highest BCUT2D eigenvalue weighted by Crippen LogP contribution is 2.31. The minimum atomic E-state index is 0.175. The predicted molar refractivity (Wildman–Crippen MR) is 74.1 cm³/mol. The topological polar surface area (TPSA) is 29.3 Å². The Labute approximate surface area is 107 Å². The number of nitrogens with two attached hydrogens (primary N) is 1. The van der Waals surface area contributed by atoms with Crippen LogP contribution in [0.5, 0.6) is 0 Å². The maximum atomic E-state index is 6.44. The van der Waals surface area contributed by atoms with E-state index in [4.69, 9.17) is 5.73 Å². The Morgan fingerprint density at radius 3 is 2.53 bits per heavy atom. The van der Waals surface area contributed by atoms with Crippen LogP contribution in [0, 0.1) is 5.92 Å². The van der Waals surface area contributed by atoms with E-state index < -0.39 is 0 Å². The van der Waals surface area contributed by atoms with Crippen molar-refractivity contribution in [3.05, 3.63) is 0 Å². The molecule has 2 atom stereocenters. The third-order valence-corrected chi connectivity index (χ3v) is 5.09. The zero-order chi connectivity index (χ0) is 12.3. The Balaban J connectivity index is 1.74. The second-order valence-corrected chi connectivity index (χ2v) is 6.73. The molecule has 2 unspecified atom stereocenters. The van der Waals surface area contributed by atoms with Gasteiger partial charge in [0.15, 0.2) is 0 Å². The summed E-state index contributed by atoms with van der Waals surface area (Å²) in [6.07, 6.45) is 12.1. The maximum absolute atomic E-state index is 6.44. The fraction of sp³-hybridized carbons (Fsp3) is 1.00. The van der Waals surface area contributed by atoms with Crippen LogP contribution >= 0.6 is 0 Å². The molecule has 0 aliphatic heterocycles. The third kappa shape index (κ3) is 3.69. The Hall–Kier alpha value is -0.0800. The van der Waals surface area contributed by atoms with Gasteiger partial charge in [0.2, 0.25) is 0 Å². The van der Waals surface area contributed by atoms with Gasteiger partial charge in [0.25, 0.3) is 0 Å². The second kappa shape index (κ2) is 5.71. The maximum Gasteiger partial charge on any atom is 0.0166 e. The van der Waals surface area contributed by atoms with Crippen LogP contribution in [0.15, 0.2) is 0 Å². The van der Waals surface area contributed by atoms with E-state index in [1.54, 1.807) is 0 Å². The number of nitrogens with zero attached hydrogens (tertiary/aromatic N) is 1. The number of rotatable bonds is 4. The summed E-state index contributed by atoms with van der Waals surface area (Å²) in [5.74, 6) is 0.925. The molecule has 0 bridgehead atoms. The highest BCUT2D eigenvalue weighted by Gasteiger charge is 2.30. The first kappa shape index (κ1) is 13.4. The standard InChI is InChI=1S/C15H30N2/c1-13-6-5-7-14(12-13)17(2)11-10-15(16)8-3-4-9-15/h13-14H,3-12,16H2,1-2H3. The van der Waals surface area contributed by atoms with E-state index in [1.165, 1.54) is 64.3 Å². The molecule has 0 radical (unpaired) electrons. The fourth-order valence-electron chi connectivity index (χ4n) is 3.71. The summed E-state index contributed by atoms with van der Waals surface area (Å²) < 4.78 is 0. The fourth-order valence-corrected chi connectivity index (χ4v) is 3.71. The van der Waals surface area contributed by atoms with E-state index in [9.17, 15) is 0 Å². The van der Waals surface area contributed by atoms with Crippen LogP contribution in [-0.2, 0) is 0 Å². The van der Waals surface area contributed by atoms with Crippen molar-refractivity contribution in [2.75, 3.05) is 13.6 Å². The highest BCUT2D eigenvalue weighted by atomic mass is 15.1. The van der Waals surface area contributed by atoms with Crippen LogP contribution in [0.2, 0.25) is 0 Å².